The van der Waals surface area contributed by atoms with Crippen molar-refractivity contribution in [2.45, 2.75) is 37.9 Å². The fraction of sp³-hybridized carbons (Fsp3) is 0.268. The molecule has 4 aromatic carbocycles. The van der Waals surface area contributed by atoms with Crippen molar-refractivity contribution in [2.75, 3.05) is 39.7 Å². The van der Waals surface area contributed by atoms with E-state index in [9.17, 15) is 9.59 Å². The number of nitrogen functional groups attached to an aromatic ring is 1. The van der Waals surface area contributed by atoms with E-state index in [0.717, 1.165) is 23.1 Å². The molecule has 4 heterocycles. The fourth-order valence-corrected chi connectivity index (χ4v) is 7.23. The van der Waals surface area contributed by atoms with E-state index in [1.807, 2.05) is 58.6 Å². The Labute approximate surface area is 302 Å². The molecular weight excluding hydrogens is 658 g/mol. The zero-order chi connectivity index (χ0) is 35.8. The summed E-state index contributed by atoms with van der Waals surface area (Å²) >= 11 is 0. The van der Waals surface area contributed by atoms with Gasteiger partial charge in [0, 0.05) is 49.8 Å². The Bertz CT molecular complexity index is 2140. The number of carbonyl (C=O) groups is 2. The van der Waals surface area contributed by atoms with Crippen LogP contribution in [0, 0.1) is 0 Å². The number of fused-ring (bicyclic) bond motifs is 5. The molecule has 264 valence electrons. The van der Waals surface area contributed by atoms with Crippen LogP contribution in [0.5, 0.6) is 23.0 Å². The maximum Gasteiger partial charge on any atom is 0.257 e. The van der Waals surface area contributed by atoms with E-state index in [1.165, 1.54) is 5.56 Å². The van der Waals surface area contributed by atoms with Crippen LogP contribution in [0.4, 0.5) is 17.1 Å². The summed E-state index contributed by atoms with van der Waals surface area (Å²) in [5.41, 5.74) is 13.3. The lowest BCUT2D eigenvalue weighted by Gasteiger charge is -2.34. The average Bonchev–Trinajstić information content (AvgIpc) is 3.39. The lowest BCUT2D eigenvalue weighted by Crippen LogP contribution is -2.44. The van der Waals surface area contributed by atoms with Crippen molar-refractivity contribution < 1.29 is 28.5 Å². The minimum Gasteiger partial charge on any atom is -0.493 e. The summed E-state index contributed by atoms with van der Waals surface area (Å²) in [4.78, 5) is 40.6. The summed E-state index contributed by atoms with van der Waals surface area (Å²) in [5.74, 6) is 1.70. The van der Waals surface area contributed by atoms with Gasteiger partial charge in [-0.15, -0.1) is 0 Å². The van der Waals surface area contributed by atoms with Gasteiger partial charge in [-0.3, -0.25) is 19.6 Å². The van der Waals surface area contributed by atoms with E-state index in [-0.39, 0.29) is 23.9 Å². The minimum atomic E-state index is -0.183. The smallest absolute Gasteiger partial charge is 0.257 e. The summed E-state index contributed by atoms with van der Waals surface area (Å²) in [5, 5.41) is 0. The zero-order valence-electron chi connectivity index (χ0n) is 29.1. The third-order valence-electron chi connectivity index (χ3n) is 10.1. The van der Waals surface area contributed by atoms with Crippen LogP contribution in [0.1, 0.15) is 50.2 Å². The maximum absolute atomic E-state index is 13.7. The van der Waals surface area contributed by atoms with Crippen molar-refractivity contribution in [1.29, 1.82) is 0 Å². The lowest BCUT2D eigenvalue weighted by molar-refractivity contribution is 0.0702. The van der Waals surface area contributed by atoms with Gasteiger partial charge in [-0.2, -0.15) is 0 Å². The first-order chi connectivity index (χ1) is 25.4. The topological polar surface area (TPSA) is 128 Å². The molecule has 52 heavy (non-hydrogen) atoms. The zero-order valence-corrected chi connectivity index (χ0v) is 29.1. The van der Waals surface area contributed by atoms with Gasteiger partial charge in [0.05, 0.1) is 62.0 Å². The molecule has 0 fully saturated rings. The Morgan fingerprint density at radius 1 is 0.712 bits per heavy atom. The molecule has 0 spiro atoms. The van der Waals surface area contributed by atoms with Crippen LogP contribution in [0.2, 0.25) is 0 Å². The molecule has 0 bridgehead atoms. The molecule has 2 atom stereocenters. The molecule has 0 saturated carbocycles. The molecule has 0 aliphatic carbocycles. The number of aliphatic imine (C=N–C) groups is 2. The first-order valence-corrected chi connectivity index (χ1v) is 17.4. The highest BCUT2D eigenvalue weighted by molar-refractivity contribution is 6.05. The van der Waals surface area contributed by atoms with Crippen molar-refractivity contribution >= 4 is 46.9 Å². The minimum absolute atomic E-state index is 0.0819. The number of ether oxygens (including phenoxy) is 4. The molecule has 2 amide bonds. The van der Waals surface area contributed by atoms with Crippen LogP contribution in [0.3, 0.4) is 0 Å². The van der Waals surface area contributed by atoms with Gasteiger partial charge in [0.15, 0.2) is 23.0 Å². The number of benzene rings is 4. The van der Waals surface area contributed by atoms with E-state index in [4.69, 9.17) is 34.7 Å². The molecular formula is C41H39N5O6. The average molecular weight is 698 g/mol. The lowest BCUT2D eigenvalue weighted by atomic mass is 9.94. The van der Waals surface area contributed by atoms with Gasteiger partial charge in [0.2, 0.25) is 0 Å². The molecule has 11 nitrogen and oxygen atoms in total. The summed E-state index contributed by atoms with van der Waals surface area (Å²) in [7, 11) is 3.11. The molecule has 4 aliphatic rings. The van der Waals surface area contributed by atoms with Crippen LogP contribution in [-0.2, 0) is 13.0 Å². The number of rotatable bonds is 9. The van der Waals surface area contributed by atoms with Crippen LogP contribution in [0.25, 0.3) is 5.57 Å². The summed E-state index contributed by atoms with van der Waals surface area (Å²) in [6, 6.07) is 22.6. The number of anilines is 1. The first kappa shape index (κ1) is 33.1. The highest BCUT2D eigenvalue weighted by Crippen LogP contribution is 2.40. The maximum atomic E-state index is 13.7. The third-order valence-corrected chi connectivity index (χ3v) is 10.1. The molecule has 0 aromatic heterocycles. The molecule has 0 saturated heterocycles. The molecule has 4 aromatic rings. The Kier molecular flexibility index (Phi) is 8.84. The van der Waals surface area contributed by atoms with Crippen molar-refractivity contribution in [2.24, 2.45) is 9.98 Å². The molecule has 2 N–H and O–H groups in total. The Morgan fingerprint density at radius 2 is 1.29 bits per heavy atom. The van der Waals surface area contributed by atoms with Gasteiger partial charge in [0.25, 0.3) is 11.8 Å². The van der Waals surface area contributed by atoms with Crippen LogP contribution < -0.4 is 24.7 Å². The van der Waals surface area contributed by atoms with E-state index >= 15 is 0 Å². The van der Waals surface area contributed by atoms with Gasteiger partial charge in [0.1, 0.15) is 0 Å². The Morgan fingerprint density at radius 3 is 1.90 bits per heavy atom. The van der Waals surface area contributed by atoms with E-state index in [2.05, 4.69) is 18.2 Å². The van der Waals surface area contributed by atoms with Crippen molar-refractivity contribution in [3.05, 3.63) is 107 Å². The van der Waals surface area contributed by atoms with Crippen LogP contribution in [-0.4, -0.2) is 80.1 Å². The standard InChI is InChI=1S/C41H39N5O6/c1-49-36-18-32-34(43-22-30-17-27(12-13-45(30)40(32)47)25-8-10-29(42)11-9-25)20-38(36)51-14-5-15-52-39-21-35-33(19-37(39)50-2)41(48)46-24-28-7-4-3-6-26(28)16-31(46)23-44-35/h3-4,6-12,18-23,30-31H,5,13-17,24,42H2,1-2H3/t30-,31-/m0/s1. The highest BCUT2D eigenvalue weighted by atomic mass is 16.5. The predicted octanol–water partition coefficient (Wildman–Crippen LogP) is 6.43. The molecule has 8 rings (SSSR count). The predicted molar refractivity (Wildman–Crippen MR) is 200 cm³/mol. The third kappa shape index (κ3) is 6.23. The molecule has 11 heteroatoms. The second kappa shape index (κ2) is 13.9. The number of amides is 2. The normalized spacial score (nSPS) is 18.5. The Hall–Kier alpha value is -6.10. The number of nitrogens with two attached hydrogens (primary N) is 1. The summed E-state index contributed by atoms with van der Waals surface area (Å²) in [6.45, 7) is 1.64. The molecule has 4 aliphatic heterocycles. The van der Waals surface area contributed by atoms with Gasteiger partial charge in [-0.25, -0.2) is 0 Å². The highest BCUT2D eigenvalue weighted by Gasteiger charge is 2.34. The second-order valence-corrected chi connectivity index (χ2v) is 13.2. The number of carbonyl (C=O) groups excluding carboxylic acids is 2. The quantitative estimate of drug-likeness (QED) is 0.158. The van der Waals surface area contributed by atoms with Gasteiger partial charge in [-0.1, -0.05) is 42.5 Å². The molecule has 0 unspecified atom stereocenters. The van der Waals surface area contributed by atoms with E-state index in [0.29, 0.717) is 90.3 Å². The largest absolute Gasteiger partial charge is 0.493 e. The number of methoxy groups -OCH3 is 2. The number of nitrogens with zero attached hydrogens (tertiary/aromatic N) is 4. The van der Waals surface area contributed by atoms with Crippen molar-refractivity contribution in [3.63, 3.8) is 0 Å². The Balaban J connectivity index is 0.920. The summed E-state index contributed by atoms with van der Waals surface area (Å²) < 4.78 is 23.6. The second-order valence-electron chi connectivity index (χ2n) is 13.2. The van der Waals surface area contributed by atoms with E-state index in [1.54, 1.807) is 38.5 Å². The monoisotopic (exact) mass is 697 g/mol. The number of hydrogen-bond acceptors (Lipinski definition) is 9. The number of hydrogen-bond donors (Lipinski definition) is 1. The van der Waals surface area contributed by atoms with Crippen molar-refractivity contribution in [1.82, 2.24) is 9.80 Å². The van der Waals surface area contributed by atoms with Crippen molar-refractivity contribution in [3.8, 4) is 23.0 Å². The first-order valence-electron chi connectivity index (χ1n) is 17.4. The summed E-state index contributed by atoms with van der Waals surface area (Å²) in [6.07, 6.45) is 7.70. The van der Waals surface area contributed by atoms with Gasteiger partial charge in [-0.05, 0) is 59.4 Å². The van der Waals surface area contributed by atoms with E-state index < -0.39 is 0 Å². The van der Waals surface area contributed by atoms with Gasteiger partial charge >= 0.3 is 0 Å². The fourth-order valence-electron chi connectivity index (χ4n) is 7.23. The SMILES string of the molecule is COc1cc2c(cc1OCCCOc1cc3c(cc1OC)C(=O)N1Cc4ccccc4C[C@H]1C=N3)N=C[C@@H]1CC(c3ccc(N)cc3)=CCN1C2=O. The molecule has 0 radical (unpaired) electrons. The van der Waals surface area contributed by atoms with Crippen LogP contribution in [0.15, 0.2) is 88.9 Å². The van der Waals surface area contributed by atoms with Crippen LogP contribution >= 0.6 is 0 Å². The van der Waals surface area contributed by atoms with Gasteiger partial charge < -0.3 is 34.5 Å².